The number of rotatable bonds is 7. The van der Waals surface area contributed by atoms with E-state index in [1.165, 1.54) is 0 Å². The van der Waals surface area contributed by atoms with Gasteiger partial charge in [0.05, 0.1) is 10.3 Å². The molecular formula is C13H19ClOS. The zero-order chi connectivity index (χ0) is 12.0. The molecule has 1 heterocycles. The summed E-state index contributed by atoms with van der Waals surface area (Å²) in [5.41, 5.74) is 0. The molecule has 0 bridgehead atoms. The maximum absolute atomic E-state index is 12.1. The lowest BCUT2D eigenvalue weighted by Crippen LogP contribution is -2.11. The molecule has 0 saturated heterocycles. The zero-order valence-corrected chi connectivity index (χ0v) is 11.5. The number of carbonyl (C=O) groups excluding carboxylic acids is 1. The van der Waals surface area contributed by atoms with Crippen LogP contribution in [0.3, 0.4) is 0 Å². The molecular weight excluding hydrogens is 240 g/mol. The van der Waals surface area contributed by atoms with Crippen LogP contribution >= 0.6 is 22.9 Å². The molecule has 0 spiro atoms. The van der Waals surface area contributed by atoms with Crippen LogP contribution in [0, 0.1) is 0 Å². The maximum Gasteiger partial charge on any atom is 0.141 e. The normalized spacial score (nSPS) is 12.7. The molecule has 16 heavy (non-hydrogen) atoms. The summed E-state index contributed by atoms with van der Waals surface area (Å²) in [5.74, 6) is 0.455. The van der Waals surface area contributed by atoms with Crippen LogP contribution in [0.4, 0.5) is 0 Å². The summed E-state index contributed by atoms with van der Waals surface area (Å²) >= 11 is 7.46. The number of Topliss-reactive ketones (excluding diaryl/α,β-unsaturated/α-hetero) is 1. The van der Waals surface area contributed by atoms with Crippen molar-refractivity contribution < 1.29 is 4.79 Å². The van der Waals surface area contributed by atoms with E-state index in [9.17, 15) is 4.79 Å². The highest BCUT2D eigenvalue weighted by atomic mass is 35.5. The minimum Gasteiger partial charge on any atom is -0.299 e. The number of thiophene rings is 1. The fourth-order valence-corrected chi connectivity index (χ4v) is 3.01. The first-order chi connectivity index (χ1) is 7.69. The second kappa shape index (κ2) is 7.08. The third-order valence-electron chi connectivity index (χ3n) is 2.68. The van der Waals surface area contributed by atoms with Crippen molar-refractivity contribution in [2.75, 3.05) is 0 Å². The molecule has 90 valence electrons. The quantitative estimate of drug-likeness (QED) is 0.669. The fraction of sp³-hybridized carbons (Fsp3) is 0.615. The van der Waals surface area contributed by atoms with Gasteiger partial charge in [-0.25, -0.2) is 0 Å². The van der Waals surface area contributed by atoms with E-state index in [1.54, 1.807) is 11.3 Å². The number of hydrogen-bond donors (Lipinski definition) is 0. The van der Waals surface area contributed by atoms with E-state index in [1.807, 2.05) is 12.1 Å². The van der Waals surface area contributed by atoms with Gasteiger partial charge in [-0.2, -0.15) is 0 Å². The maximum atomic E-state index is 12.1. The minimum atomic E-state index is 0.0778. The second-order valence-corrected chi connectivity index (χ2v) is 5.80. The van der Waals surface area contributed by atoms with Gasteiger partial charge >= 0.3 is 0 Å². The van der Waals surface area contributed by atoms with Gasteiger partial charge in [-0.1, -0.05) is 38.3 Å². The number of hydrogen-bond acceptors (Lipinski definition) is 2. The van der Waals surface area contributed by atoms with Gasteiger partial charge in [0.25, 0.3) is 0 Å². The molecule has 1 aromatic rings. The Labute approximate surface area is 107 Å². The molecule has 1 nitrogen and oxygen atoms in total. The highest BCUT2D eigenvalue weighted by Gasteiger charge is 2.20. The average Bonchev–Trinajstić information content (AvgIpc) is 2.69. The van der Waals surface area contributed by atoms with Crippen molar-refractivity contribution in [2.45, 2.75) is 51.9 Å². The highest BCUT2D eigenvalue weighted by molar-refractivity contribution is 7.16. The molecule has 0 aliphatic rings. The topological polar surface area (TPSA) is 17.1 Å². The molecule has 0 fully saturated rings. The Morgan fingerprint density at radius 1 is 1.38 bits per heavy atom. The van der Waals surface area contributed by atoms with E-state index in [4.69, 9.17) is 11.6 Å². The molecule has 1 aromatic heterocycles. The van der Waals surface area contributed by atoms with Gasteiger partial charge in [-0.05, 0) is 25.0 Å². The molecule has 3 heteroatoms. The lowest BCUT2D eigenvalue weighted by Gasteiger charge is -2.12. The van der Waals surface area contributed by atoms with E-state index in [0.717, 1.165) is 34.9 Å². The summed E-state index contributed by atoms with van der Waals surface area (Å²) in [5, 5.41) is 0. The molecule has 0 radical (unpaired) electrons. The first-order valence-electron chi connectivity index (χ1n) is 5.97. The molecule has 0 N–H and O–H groups in total. The molecule has 1 atom stereocenters. The molecule has 1 rings (SSSR count). The van der Waals surface area contributed by atoms with Gasteiger partial charge in [0.1, 0.15) is 5.78 Å². The Hall–Kier alpha value is -0.340. The third-order valence-corrected chi connectivity index (χ3v) is 4.03. The first-order valence-corrected chi connectivity index (χ1v) is 7.16. The van der Waals surface area contributed by atoms with Gasteiger partial charge in [0.2, 0.25) is 0 Å². The second-order valence-electron chi connectivity index (χ2n) is 4.05. The van der Waals surface area contributed by atoms with Crippen molar-refractivity contribution in [3.05, 3.63) is 21.3 Å². The van der Waals surface area contributed by atoms with Crippen LogP contribution in [-0.4, -0.2) is 5.78 Å². The summed E-state index contributed by atoms with van der Waals surface area (Å²) in [6.45, 7) is 4.24. The van der Waals surface area contributed by atoms with Gasteiger partial charge in [0, 0.05) is 11.3 Å². The van der Waals surface area contributed by atoms with Crippen molar-refractivity contribution in [2.24, 2.45) is 0 Å². The predicted molar refractivity (Wildman–Crippen MR) is 71.5 cm³/mol. The Morgan fingerprint density at radius 2 is 2.12 bits per heavy atom. The fourth-order valence-electron chi connectivity index (χ4n) is 1.79. The molecule has 0 amide bonds. The summed E-state index contributed by atoms with van der Waals surface area (Å²) in [4.78, 5) is 13.2. The summed E-state index contributed by atoms with van der Waals surface area (Å²) in [7, 11) is 0. The Morgan fingerprint density at radius 3 is 2.62 bits per heavy atom. The monoisotopic (exact) mass is 258 g/mol. The standard InChI is InChI=1S/C13H19ClOS/c1-3-5-7-11(15)10(6-4-2)12-8-9-13(14)16-12/h8-10H,3-7H2,1-2H3. The van der Waals surface area contributed by atoms with Crippen molar-refractivity contribution >= 4 is 28.7 Å². The highest BCUT2D eigenvalue weighted by Crippen LogP contribution is 2.32. The molecule has 0 saturated carbocycles. The van der Waals surface area contributed by atoms with E-state index in [-0.39, 0.29) is 5.92 Å². The van der Waals surface area contributed by atoms with E-state index in [2.05, 4.69) is 13.8 Å². The van der Waals surface area contributed by atoms with Gasteiger partial charge in [-0.15, -0.1) is 11.3 Å². The van der Waals surface area contributed by atoms with Crippen molar-refractivity contribution in [1.29, 1.82) is 0 Å². The molecule has 1 unspecified atom stereocenters. The van der Waals surface area contributed by atoms with Gasteiger partial charge in [-0.3, -0.25) is 4.79 Å². The summed E-state index contributed by atoms with van der Waals surface area (Å²) in [6, 6.07) is 3.88. The SMILES string of the molecule is CCCCC(=O)C(CCC)c1ccc(Cl)s1. The van der Waals surface area contributed by atoms with Crippen LogP contribution in [0.5, 0.6) is 0 Å². The van der Waals surface area contributed by atoms with Gasteiger partial charge < -0.3 is 0 Å². The first kappa shape index (κ1) is 13.7. The van der Waals surface area contributed by atoms with Crippen LogP contribution < -0.4 is 0 Å². The molecule has 0 aliphatic carbocycles. The lowest BCUT2D eigenvalue weighted by atomic mass is 9.93. The lowest BCUT2D eigenvalue weighted by molar-refractivity contribution is -0.120. The largest absolute Gasteiger partial charge is 0.299 e. The Bertz CT molecular complexity index is 332. The predicted octanol–water partition coefficient (Wildman–Crippen LogP) is 5.04. The van der Waals surface area contributed by atoms with Crippen molar-refractivity contribution in [1.82, 2.24) is 0 Å². The van der Waals surface area contributed by atoms with E-state index >= 15 is 0 Å². The van der Waals surface area contributed by atoms with Crippen LogP contribution in [0.1, 0.15) is 56.7 Å². The van der Waals surface area contributed by atoms with Crippen LogP contribution in [-0.2, 0) is 4.79 Å². The smallest absolute Gasteiger partial charge is 0.141 e. The number of halogens is 1. The Balaban J connectivity index is 2.70. The molecule has 0 aliphatic heterocycles. The van der Waals surface area contributed by atoms with Gasteiger partial charge in [0.15, 0.2) is 0 Å². The Kier molecular flexibility index (Phi) is 6.07. The van der Waals surface area contributed by atoms with Crippen LogP contribution in [0.2, 0.25) is 4.34 Å². The number of ketones is 1. The van der Waals surface area contributed by atoms with Crippen molar-refractivity contribution in [3.63, 3.8) is 0 Å². The zero-order valence-electron chi connectivity index (χ0n) is 9.96. The van der Waals surface area contributed by atoms with Crippen molar-refractivity contribution in [3.8, 4) is 0 Å². The van der Waals surface area contributed by atoms with E-state index < -0.39 is 0 Å². The third kappa shape index (κ3) is 3.91. The molecule has 0 aromatic carbocycles. The number of unbranched alkanes of at least 4 members (excludes halogenated alkanes) is 1. The van der Waals surface area contributed by atoms with Crippen LogP contribution in [0.15, 0.2) is 12.1 Å². The van der Waals surface area contributed by atoms with Crippen LogP contribution in [0.25, 0.3) is 0 Å². The minimum absolute atomic E-state index is 0.0778. The summed E-state index contributed by atoms with van der Waals surface area (Å²) in [6.07, 6.45) is 4.77. The van der Waals surface area contributed by atoms with E-state index in [0.29, 0.717) is 12.2 Å². The number of carbonyl (C=O) groups is 1. The average molecular weight is 259 g/mol. The summed E-state index contributed by atoms with van der Waals surface area (Å²) < 4.78 is 0.777.